The molecule has 3 aromatic rings. The molecule has 32 heavy (non-hydrogen) atoms. The molecule has 2 amide bonds. The number of benzene rings is 3. The van der Waals surface area contributed by atoms with Crippen molar-refractivity contribution in [1.82, 2.24) is 4.90 Å². The van der Waals surface area contributed by atoms with Crippen molar-refractivity contribution >= 4 is 29.1 Å². The fourth-order valence-electron chi connectivity index (χ4n) is 3.44. The highest BCUT2D eigenvalue weighted by atomic mass is 35.5. The van der Waals surface area contributed by atoms with E-state index in [4.69, 9.17) is 16.3 Å². The quantitative estimate of drug-likeness (QED) is 0.463. The van der Waals surface area contributed by atoms with Crippen LogP contribution < -0.4 is 5.32 Å². The molecular weight excluding hydrogens is 424 g/mol. The lowest BCUT2D eigenvalue weighted by Crippen LogP contribution is -2.30. The number of ether oxygens (including phenoxy) is 1. The molecule has 3 rings (SSSR count). The number of anilines is 1. The molecule has 0 aliphatic rings. The predicted octanol–water partition coefficient (Wildman–Crippen LogP) is 5.57. The smallest absolute Gasteiger partial charge is 0.255 e. The van der Waals surface area contributed by atoms with Gasteiger partial charge in [-0.1, -0.05) is 72.3 Å². The topological polar surface area (TPSA) is 58.6 Å². The van der Waals surface area contributed by atoms with Crippen LogP contribution in [0.4, 0.5) is 5.69 Å². The van der Waals surface area contributed by atoms with Crippen LogP contribution in [0.25, 0.3) is 0 Å². The summed E-state index contributed by atoms with van der Waals surface area (Å²) in [7, 11) is 0. The standard InChI is InChI=1S/C26H27ClN2O3/c1-3-29(4-2)26(31)22-16-15-21(17-23(22)27)28-24(30)18-32-25(19-11-7-5-8-12-19)20-13-9-6-10-14-20/h5-17,25H,3-4,18H2,1-2H3,(H,28,30). The molecule has 0 aliphatic heterocycles. The molecule has 0 bridgehead atoms. The minimum Gasteiger partial charge on any atom is -0.359 e. The van der Waals surface area contributed by atoms with Crippen LogP contribution in [0.5, 0.6) is 0 Å². The fraction of sp³-hybridized carbons (Fsp3) is 0.231. The van der Waals surface area contributed by atoms with E-state index in [1.165, 1.54) is 0 Å². The highest BCUT2D eigenvalue weighted by molar-refractivity contribution is 6.34. The van der Waals surface area contributed by atoms with Crippen LogP contribution in [0.1, 0.15) is 41.4 Å². The summed E-state index contributed by atoms with van der Waals surface area (Å²) in [4.78, 5) is 26.8. The Balaban J connectivity index is 1.67. The fourth-order valence-corrected chi connectivity index (χ4v) is 3.71. The molecule has 0 atom stereocenters. The van der Waals surface area contributed by atoms with Crippen LogP contribution in [-0.2, 0) is 9.53 Å². The van der Waals surface area contributed by atoms with Crippen molar-refractivity contribution in [2.45, 2.75) is 20.0 Å². The van der Waals surface area contributed by atoms with Crippen LogP contribution in [0.3, 0.4) is 0 Å². The van der Waals surface area contributed by atoms with Gasteiger partial charge in [0.05, 0.1) is 10.6 Å². The van der Waals surface area contributed by atoms with Gasteiger partial charge in [0.2, 0.25) is 5.91 Å². The number of hydrogen-bond acceptors (Lipinski definition) is 3. The van der Waals surface area contributed by atoms with E-state index < -0.39 is 0 Å². The molecule has 0 spiro atoms. The molecule has 0 saturated carbocycles. The normalized spacial score (nSPS) is 10.8. The molecule has 1 N–H and O–H groups in total. The van der Waals surface area contributed by atoms with Crippen molar-refractivity contribution in [3.05, 3.63) is 101 Å². The molecule has 3 aromatic carbocycles. The van der Waals surface area contributed by atoms with Gasteiger partial charge in [0.1, 0.15) is 12.7 Å². The summed E-state index contributed by atoms with van der Waals surface area (Å²) in [6, 6.07) is 24.4. The van der Waals surface area contributed by atoms with Gasteiger partial charge in [-0.15, -0.1) is 0 Å². The first-order valence-corrected chi connectivity index (χ1v) is 11.0. The zero-order valence-electron chi connectivity index (χ0n) is 18.3. The van der Waals surface area contributed by atoms with Gasteiger partial charge in [0, 0.05) is 18.8 Å². The van der Waals surface area contributed by atoms with E-state index in [9.17, 15) is 9.59 Å². The first kappa shape index (κ1) is 23.5. The number of halogens is 1. The highest BCUT2D eigenvalue weighted by Gasteiger charge is 2.18. The van der Waals surface area contributed by atoms with Gasteiger partial charge in [-0.2, -0.15) is 0 Å². The van der Waals surface area contributed by atoms with E-state index in [1.54, 1.807) is 23.1 Å². The van der Waals surface area contributed by atoms with E-state index in [0.717, 1.165) is 11.1 Å². The molecular formula is C26H27ClN2O3. The number of amides is 2. The Hall–Kier alpha value is -3.15. The minimum absolute atomic E-state index is 0.130. The molecule has 166 valence electrons. The Bertz CT molecular complexity index is 998. The van der Waals surface area contributed by atoms with Crippen molar-refractivity contribution in [1.29, 1.82) is 0 Å². The summed E-state index contributed by atoms with van der Waals surface area (Å²) in [5, 5.41) is 3.09. The molecule has 0 unspecified atom stereocenters. The van der Waals surface area contributed by atoms with Gasteiger partial charge in [0.15, 0.2) is 0 Å². The number of carbonyl (C=O) groups excluding carboxylic acids is 2. The van der Waals surface area contributed by atoms with Crippen molar-refractivity contribution in [2.24, 2.45) is 0 Å². The van der Waals surface area contributed by atoms with Gasteiger partial charge >= 0.3 is 0 Å². The first-order chi connectivity index (χ1) is 15.5. The summed E-state index contributed by atoms with van der Waals surface area (Å²) in [6.45, 7) is 4.91. The molecule has 0 saturated heterocycles. The highest BCUT2D eigenvalue weighted by Crippen LogP contribution is 2.26. The number of hydrogen-bond donors (Lipinski definition) is 1. The maximum atomic E-state index is 12.6. The van der Waals surface area contributed by atoms with E-state index in [-0.39, 0.29) is 24.5 Å². The Morgan fingerprint density at radius 2 is 1.47 bits per heavy atom. The third-order valence-corrected chi connectivity index (χ3v) is 5.43. The van der Waals surface area contributed by atoms with Crippen LogP contribution in [0.15, 0.2) is 78.9 Å². The van der Waals surface area contributed by atoms with E-state index in [2.05, 4.69) is 5.32 Å². The van der Waals surface area contributed by atoms with Crippen molar-refractivity contribution in [3.63, 3.8) is 0 Å². The molecule has 0 heterocycles. The van der Waals surface area contributed by atoms with Crippen LogP contribution >= 0.6 is 11.6 Å². The summed E-state index contributed by atoms with van der Waals surface area (Å²) in [5.74, 6) is -0.435. The second-order valence-corrected chi connectivity index (χ2v) is 7.64. The third-order valence-electron chi connectivity index (χ3n) is 5.12. The summed E-state index contributed by atoms with van der Waals surface area (Å²) < 4.78 is 6.00. The summed E-state index contributed by atoms with van der Waals surface area (Å²) >= 11 is 6.32. The zero-order valence-corrected chi connectivity index (χ0v) is 19.0. The number of rotatable bonds is 9. The lowest BCUT2D eigenvalue weighted by Gasteiger charge is -2.20. The third kappa shape index (κ3) is 5.96. The van der Waals surface area contributed by atoms with Gasteiger partial charge in [-0.25, -0.2) is 0 Å². The van der Waals surface area contributed by atoms with Gasteiger partial charge < -0.3 is 15.0 Å². The first-order valence-electron chi connectivity index (χ1n) is 10.6. The van der Waals surface area contributed by atoms with Crippen molar-refractivity contribution in [2.75, 3.05) is 25.0 Å². The Morgan fingerprint density at radius 1 is 0.906 bits per heavy atom. The number of nitrogens with zero attached hydrogens (tertiary/aromatic N) is 1. The average Bonchev–Trinajstić information content (AvgIpc) is 2.81. The van der Waals surface area contributed by atoms with Crippen LogP contribution in [0.2, 0.25) is 5.02 Å². The molecule has 0 fully saturated rings. The summed E-state index contributed by atoms with van der Waals surface area (Å²) in [5.41, 5.74) is 2.86. The van der Waals surface area contributed by atoms with E-state index in [1.807, 2.05) is 74.5 Å². The molecule has 6 heteroatoms. The van der Waals surface area contributed by atoms with Crippen molar-refractivity contribution in [3.8, 4) is 0 Å². The maximum Gasteiger partial charge on any atom is 0.255 e. The second kappa shape index (κ2) is 11.5. The largest absolute Gasteiger partial charge is 0.359 e. The van der Waals surface area contributed by atoms with E-state index in [0.29, 0.717) is 29.4 Å². The SMILES string of the molecule is CCN(CC)C(=O)c1ccc(NC(=O)COC(c2ccccc2)c2ccccc2)cc1Cl. The molecule has 0 aromatic heterocycles. The molecule has 0 radical (unpaired) electrons. The van der Waals surface area contributed by atoms with Crippen molar-refractivity contribution < 1.29 is 14.3 Å². The van der Waals surface area contributed by atoms with Crippen LogP contribution in [0, 0.1) is 0 Å². The van der Waals surface area contributed by atoms with Gasteiger partial charge in [0.25, 0.3) is 5.91 Å². The second-order valence-electron chi connectivity index (χ2n) is 7.23. The average molecular weight is 451 g/mol. The zero-order chi connectivity index (χ0) is 22.9. The maximum absolute atomic E-state index is 12.6. The Kier molecular flexibility index (Phi) is 8.42. The van der Waals surface area contributed by atoms with Crippen LogP contribution in [-0.4, -0.2) is 36.4 Å². The lowest BCUT2D eigenvalue weighted by molar-refractivity contribution is -0.121. The molecule has 0 aliphatic carbocycles. The monoisotopic (exact) mass is 450 g/mol. The summed E-state index contributed by atoms with van der Waals surface area (Å²) in [6.07, 6.45) is -0.360. The lowest BCUT2D eigenvalue weighted by atomic mass is 10.0. The Morgan fingerprint density at radius 3 is 1.97 bits per heavy atom. The van der Waals surface area contributed by atoms with Gasteiger partial charge in [-0.05, 0) is 43.2 Å². The Labute approximate surface area is 194 Å². The minimum atomic E-state index is -0.360. The number of carbonyl (C=O) groups is 2. The van der Waals surface area contributed by atoms with E-state index >= 15 is 0 Å². The predicted molar refractivity (Wildman–Crippen MR) is 128 cm³/mol. The van der Waals surface area contributed by atoms with Gasteiger partial charge in [-0.3, -0.25) is 9.59 Å². The number of nitrogens with one attached hydrogen (secondary N) is 1. The molecule has 5 nitrogen and oxygen atoms in total.